The Bertz CT molecular complexity index is 844. The maximum Gasteiger partial charge on any atom is 0.348 e. The molecule has 4 nitrogen and oxygen atoms in total. The lowest BCUT2D eigenvalue weighted by molar-refractivity contribution is -0.0611. The Morgan fingerprint density at radius 3 is 2.81 bits per heavy atom. The van der Waals surface area contributed by atoms with E-state index in [-0.39, 0.29) is 12.1 Å². The first-order valence-electron chi connectivity index (χ1n) is 8.81. The van der Waals surface area contributed by atoms with Crippen molar-refractivity contribution in [3.63, 3.8) is 0 Å². The Hall–Kier alpha value is -2.21. The Morgan fingerprint density at radius 2 is 1.96 bits per heavy atom. The van der Waals surface area contributed by atoms with Gasteiger partial charge >= 0.3 is 5.97 Å². The quantitative estimate of drug-likeness (QED) is 0.640. The summed E-state index contributed by atoms with van der Waals surface area (Å²) in [6, 6.07) is 20.3. The van der Waals surface area contributed by atoms with Crippen LogP contribution >= 0.6 is 11.3 Å². The molecule has 1 aromatic heterocycles. The monoisotopic (exact) mass is 367 g/mol. The second-order valence-electron chi connectivity index (χ2n) is 6.46. The molecule has 2 aromatic carbocycles. The first kappa shape index (κ1) is 17.2. The Kier molecular flexibility index (Phi) is 5.29. The molecule has 0 N–H and O–H groups in total. The van der Waals surface area contributed by atoms with E-state index in [0.29, 0.717) is 18.1 Å². The van der Waals surface area contributed by atoms with Gasteiger partial charge in [-0.1, -0.05) is 48.5 Å². The van der Waals surface area contributed by atoms with Crippen molar-refractivity contribution in [2.24, 2.45) is 0 Å². The molecule has 1 unspecified atom stereocenters. The van der Waals surface area contributed by atoms with E-state index in [1.807, 2.05) is 36.4 Å². The summed E-state index contributed by atoms with van der Waals surface area (Å²) in [6.07, 6.45) is -0.0780. The smallest absolute Gasteiger partial charge is 0.348 e. The van der Waals surface area contributed by atoms with Crippen LogP contribution in [0.25, 0.3) is 10.1 Å². The molecule has 4 rings (SSSR count). The van der Waals surface area contributed by atoms with Crippen LogP contribution in [0.2, 0.25) is 0 Å². The molecule has 0 bridgehead atoms. The predicted molar refractivity (Wildman–Crippen MR) is 104 cm³/mol. The highest BCUT2D eigenvalue weighted by molar-refractivity contribution is 7.20. The zero-order valence-electron chi connectivity index (χ0n) is 14.5. The number of fused-ring (bicyclic) bond motifs is 1. The molecule has 1 fully saturated rings. The van der Waals surface area contributed by atoms with E-state index in [1.54, 1.807) is 0 Å². The highest BCUT2D eigenvalue weighted by Gasteiger charge is 2.22. The van der Waals surface area contributed by atoms with Gasteiger partial charge in [0.25, 0.3) is 0 Å². The maximum absolute atomic E-state index is 12.3. The van der Waals surface area contributed by atoms with Gasteiger partial charge in [-0.25, -0.2) is 4.79 Å². The minimum atomic E-state index is -0.269. The standard InChI is InChI=1S/C21H21NO3S/c23-21(20-12-17-8-4-5-9-19(17)26-20)25-15-18-14-22(10-11-24-18)13-16-6-2-1-3-7-16/h1-9,12,18H,10-11,13-15H2. The summed E-state index contributed by atoms with van der Waals surface area (Å²) in [6.45, 7) is 3.52. The van der Waals surface area contributed by atoms with E-state index in [9.17, 15) is 4.79 Å². The number of nitrogens with zero attached hydrogens (tertiary/aromatic N) is 1. The van der Waals surface area contributed by atoms with Crippen LogP contribution in [0.15, 0.2) is 60.7 Å². The summed E-state index contributed by atoms with van der Waals surface area (Å²) >= 11 is 1.47. The molecule has 0 radical (unpaired) electrons. The highest BCUT2D eigenvalue weighted by atomic mass is 32.1. The molecular formula is C21H21NO3S. The molecule has 5 heteroatoms. The number of hydrogen-bond donors (Lipinski definition) is 0. The van der Waals surface area contributed by atoms with Gasteiger partial charge in [-0.2, -0.15) is 0 Å². The highest BCUT2D eigenvalue weighted by Crippen LogP contribution is 2.25. The number of hydrogen-bond acceptors (Lipinski definition) is 5. The van der Waals surface area contributed by atoms with Crippen molar-refractivity contribution in [1.82, 2.24) is 4.90 Å². The molecule has 0 saturated carbocycles. The molecule has 0 aliphatic carbocycles. The third-order valence-corrected chi connectivity index (χ3v) is 5.60. The van der Waals surface area contributed by atoms with E-state index >= 15 is 0 Å². The fourth-order valence-electron chi connectivity index (χ4n) is 3.19. The average molecular weight is 367 g/mol. The number of morpholine rings is 1. The van der Waals surface area contributed by atoms with E-state index in [4.69, 9.17) is 9.47 Å². The van der Waals surface area contributed by atoms with E-state index < -0.39 is 0 Å². The van der Waals surface area contributed by atoms with Crippen LogP contribution in [0.3, 0.4) is 0 Å². The van der Waals surface area contributed by atoms with Gasteiger partial charge < -0.3 is 9.47 Å². The van der Waals surface area contributed by atoms with Crippen molar-refractivity contribution < 1.29 is 14.3 Å². The number of carbonyl (C=O) groups is 1. The van der Waals surface area contributed by atoms with Crippen molar-refractivity contribution in [1.29, 1.82) is 0 Å². The second kappa shape index (κ2) is 7.99. The minimum Gasteiger partial charge on any atom is -0.459 e. The zero-order chi connectivity index (χ0) is 17.8. The van der Waals surface area contributed by atoms with Crippen molar-refractivity contribution in [3.05, 3.63) is 71.1 Å². The van der Waals surface area contributed by atoms with Gasteiger partial charge in [0, 0.05) is 24.3 Å². The van der Waals surface area contributed by atoms with Crippen LogP contribution in [-0.4, -0.2) is 43.3 Å². The van der Waals surface area contributed by atoms with Crippen LogP contribution in [0.4, 0.5) is 0 Å². The molecule has 1 aliphatic heterocycles. The summed E-state index contributed by atoms with van der Waals surface area (Å²) in [5.74, 6) is -0.269. The number of carbonyl (C=O) groups excluding carboxylic acids is 1. The van der Waals surface area contributed by atoms with Gasteiger partial charge in [-0.05, 0) is 23.1 Å². The van der Waals surface area contributed by atoms with Crippen molar-refractivity contribution in [2.45, 2.75) is 12.6 Å². The molecule has 2 heterocycles. The number of ether oxygens (including phenoxy) is 2. The third-order valence-electron chi connectivity index (χ3n) is 4.50. The molecule has 0 amide bonds. The molecule has 1 saturated heterocycles. The summed E-state index contributed by atoms with van der Waals surface area (Å²) in [5, 5.41) is 1.08. The van der Waals surface area contributed by atoms with E-state index in [2.05, 4.69) is 29.2 Å². The normalized spacial score (nSPS) is 18.1. The first-order chi connectivity index (χ1) is 12.8. The van der Waals surface area contributed by atoms with Crippen molar-refractivity contribution in [3.8, 4) is 0 Å². The molecule has 26 heavy (non-hydrogen) atoms. The van der Waals surface area contributed by atoms with Gasteiger partial charge in [0.1, 0.15) is 17.6 Å². The number of esters is 1. The topological polar surface area (TPSA) is 38.8 Å². The molecule has 0 spiro atoms. The van der Waals surface area contributed by atoms with Crippen LogP contribution in [0.5, 0.6) is 0 Å². The van der Waals surface area contributed by atoms with Crippen LogP contribution in [-0.2, 0) is 16.0 Å². The molecule has 134 valence electrons. The van der Waals surface area contributed by atoms with Gasteiger partial charge in [0.15, 0.2) is 0 Å². The summed E-state index contributed by atoms with van der Waals surface area (Å²) < 4.78 is 12.4. The fraction of sp³-hybridized carbons (Fsp3) is 0.286. The second-order valence-corrected chi connectivity index (χ2v) is 7.54. The van der Waals surface area contributed by atoms with Gasteiger partial charge in [0.2, 0.25) is 0 Å². The summed E-state index contributed by atoms with van der Waals surface area (Å²) in [4.78, 5) is 15.3. The summed E-state index contributed by atoms with van der Waals surface area (Å²) in [7, 11) is 0. The van der Waals surface area contributed by atoms with E-state index in [0.717, 1.165) is 29.7 Å². The average Bonchev–Trinajstić information content (AvgIpc) is 3.12. The van der Waals surface area contributed by atoms with Crippen LogP contribution in [0.1, 0.15) is 15.2 Å². The third kappa shape index (κ3) is 4.12. The lowest BCUT2D eigenvalue weighted by Crippen LogP contribution is -2.44. The Morgan fingerprint density at radius 1 is 1.15 bits per heavy atom. The Labute approximate surface area is 157 Å². The van der Waals surface area contributed by atoms with Crippen LogP contribution < -0.4 is 0 Å². The number of benzene rings is 2. The number of thiophene rings is 1. The maximum atomic E-state index is 12.3. The van der Waals surface area contributed by atoms with Crippen molar-refractivity contribution in [2.75, 3.05) is 26.3 Å². The minimum absolute atomic E-state index is 0.0780. The SMILES string of the molecule is O=C(OCC1CN(Cc2ccccc2)CCO1)c1cc2ccccc2s1. The fourth-order valence-corrected chi connectivity index (χ4v) is 4.15. The first-order valence-corrected chi connectivity index (χ1v) is 9.63. The predicted octanol–water partition coefficient (Wildman–Crippen LogP) is 3.96. The molecular weight excluding hydrogens is 346 g/mol. The molecule has 3 aromatic rings. The van der Waals surface area contributed by atoms with Crippen molar-refractivity contribution >= 4 is 27.4 Å². The number of rotatable bonds is 5. The largest absolute Gasteiger partial charge is 0.459 e. The lowest BCUT2D eigenvalue weighted by Gasteiger charge is -2.32. The summed E-state index contributed by atoms with van der Waals surface area (Å²) in [5.41, 5.74) is 1.29. The molecule has 1 aliphatic rings. The van der Waals surface area contributed by atoms with Gasteiger partial charge in [-0.15, -0.1) is 11.3 Å². The van der Waals surface area contributed by atoms with Crippen LogP contribution in [0, 0.1) is 0 Å². The lowest BCUT2D eigenvalue weighted by atomic mass is 10.2. The zero-order valence-corrected chi connectivity index (χ0v) is 15.3. The van der Waals surface area contributed by atoms with E-state index in [1.165, 1.54) is 16.9 Å². The molecule has 1 atom stereocenters. The van der Waals surface area contributed by atoms with Gasteiger partial charge in [0.05, 0.1) is 6.61 Å². The Balaban J connectivity index is 1.31. The van der Waals surface area contributed by atoms with Gasteiger partial charge in [-0.3, -0.25) is 4.90 Å².